The van der Waals surface area contributed by atoms with Crippen molar-refractivity contribution in [1.82, 2.24) is 9.88 Å². The Morgan fingerprint density at radius 3 is 2.61 bits per heavy atom. The molecule has 118 valence electrons. The standard InChI is InChI=1S/C19H19ClN2O/c1-13-11-16-5-3-4-6-18(16)22(13)12-19(23)21-14(2)15-7-9-17(20)10-8-15/h3-11,14H,12H2,1-2H3,(H,21,23)/t14-/m0/s1. The van der Waals surface area contributed by atoms with Crippen LogP contribution in [0.25, 0.3) is 10.9 Å². The van der Waals surface area contributed by atoms with Gasteiger partial charge < -0.3 is 9.88 Å². The number of halogens is 1. The third-order valence-corrected chi connectivity index (χ3v) is 4.32. The molecule has 3 nitrogen and oxygen atoms in total. The zero-order chi connectivity index (χ0) is 16.4. The molecule has 0 aliphatic heterocycles. The average Bonchev–Trinajstić information content (AvgIpc) is 2.84. The molecule has 4 heteroatoms. The monoisotopic (exact) mass is 326 g/mol. The van der Waals surface area contributed by atoms with Crippen LogP contribution in [0.2, 0.25) is 5.02 Å². The molecule has 1 heterocycles. The summed E-state index contributed by atoms with van der Waals surface area (Å²) in [6.45, 7) is 4.31. The fourth-order valence-corrected chi connectivity index (χ4v) is 2.95. The zero-order valence-corrected chi connectivity index (χ0v) is 14.0. The number of nitrogens with zero attached hydrogens (tertiary/aromatic N) is 1. The third kappa shape index (κ3) is 3.40. The normalized spacial score (nSPS) is 12.3. The summed E-state index contributed by atoms with van der Waals surface area (Å²) < 4.78 is 2.04. The Hall–Kier alpha value is -2.26. The number of hydrogen-bond donors (Lipinski definition) is 1. The molecule has 1 N–H and O–H groups in total. The van der Waals surface area contributed by atoms with Crippen LogP contribution in [0.4, 0.5) is 0 Å². The zero-order valence-electron chi connectivity index (χ0n) is 13.2. The van der Waals surface area contributed by atoms with Crippen LogP contribution in [0.3, 0.4) is 0 Å². The van der Waals surface area contributed by atoms with E-state index in [1.54, 1.807) is 0 Å². The van der Waals surface area contributed by atoms with Gasteiger partial charge in [-0.2, -0.15) is 0 Å². The second-order valence-electron chi connectivity index (χ2n) is 5.77. The lowest BCUT2D eigenvalue weighted by molar-refractivity contribution is -0.122. The van der Waals surface area contributed by atoms with Gasteiger partial charge in [0.15, 0.2) is 0 Å². The number of rotatable bonds is 4. The lowest BCUT2D eigenvalue weighted by Crippen LogP contribution is -2.30. The van der Waals surface area contributed by atoms with Crippen molar-refractivity contribution in [2.45, 2.75) is 26.4 Å². The molecule has 0 saturated heterocycles. The van der Waals surface area contributed by atoms with Crippen molar-refractivity contribution in [2.75, 3.05) is 0 Å². The largest absolute Gasteiger partial charge is 0.348 e. The molecular formula is C19H19ClN2O. The van der Waals surface area contributed by atoms with E-state index in [1.807, 2.05) is 60.9 Å². The van der Waals surface area contributed by atoms with Crippen molar-refractivity contribution in [3.05, 3.63) is 70.9 Å². The van der Waals surface area contributed by atoms with Crippen LogP contribution < -0.4 is 5.32 Å². The lowest BCUT2D eigenvalue weighted by Gasteiger charge is -2.16. The van der Waals surface area contributed by atoms with Crippen molar-refractivity contribution in [3.63, 3.8) is 0 Å². The first-order chi connectivity index (χ1) is 11.0. The molecule has 3 rings (SSSR count). The molecule has 23 heavy (non-hydrogen) atoms. The van der Waals surface area contributed by atoms with E-state index in [4.69, 9.17) is 11.6 Å². The number of aryl methyl sites for hydroxylation is 1. The average molecular weight is 327 g/mol. The maximum absolute atomic E-state index is 12.4. The number of nitrogens with one attached hydrogen (secondary N) is 1. The molecule has 1 aromatic heterocycles. The van der Waals surface area contributed by atoms with Gasteiger partial charge in [0.25, 0.3) is 0 Å². The summed E-state index contributed by atoms with van der Waals surface area (Å²) in [6.07, 6.45) is 0. The topological polar surface area (TPSA) is 34.0 Å². The predicted octanol–water partition coefficient (Wildman–Crippen LogP) is 4.48. The van der Waals surface area contributed by atoms with Gasteiger partial charge in [-0.1, -0.05) is 41.9 Å². The van der Waals surface area contributed by atoms with Gasteiger partial charge in [0.05, 0.1) is 6.04 Å². The molecule has 0 fully saturated rings. The van der Waals surface area contributed by atoms with Crippen molar-refractivity contribution >= 4 is 28.4 Å². The van der Waals surface area contributed by atoms with Crippen molar-refractivity contribution < 1.29 is 4.79 Å². The van der Waals surface area contributed by atoms with Crippen LogP contribution in [-0.4, -0.2) is 10.5 Å². The van der Waals surface area contributed by atoms with Crippen LogP contribution in [0.15, 0.2) is 54.6 Å². The Morgan fingerprint density at radius 2 is 1.87 bits per heavy atom. The van der Waals surface area contributed by atoms with Gasteiger partial charge >= 0.3 is 0 Å². The molecule has 0 unspecified atom stereocenters. The number of hydrogen-bond acceptors (Lipinski definition) is 1. The minimum absolute atomic E-state index is 0.00287. The number of amides is 1. The van der Waals surface area contributed by atoms with E-state index >= 15 is 0 Å². The molecule has 0 aliphatic carbocycles. The molecule has 0 bridgehead atoms. The molecule has 0 spiro atoms. The van der Waals surface area contributed by atoms with Crippen molar-refractivity contribution in [2.24, 2.45) is 0 Å². The minimum Gasteiger partial charge on any atom is -0.348 e. The van der Waals surface area contributed by atoms with Gasteiger partial charge in [-0.3, -0.25) is 4.79 Å². The predicted molar refractivity (Wildman–Crippen MR) is 94.7 cm³/mol. The highest BCUT2D eigenvalue weighted by Gasteiger charge is 2.12. The Kier molecular flexibility index (Phi) is 4.39. The summed E-state index contributed by atoms with van der Waals surface area (Å²) in [4.78, 5) is 12.4. The van der Waals surface area contributed by atoms with E-state index in [1.165, 1.54) is 0 Å². The highest BCUT2D eigenvalue weighted by molar-refractivity contribution is 6.30. The lowest BCUT2D eigenvalue weighted by atomic mass is 10.1. The number of carbonyl (C=O) groups is 1. The first-order valence-electron chi connectivity index (χ1n) is 7.64. The van der Waals surface area contributed by atoms with E-state index in [0.29, 0.717) is 11.6 Å². The fourth-order valence-electron chi connectivity index (χ4n) is 2.82. The highest BCUT2D eigenvalue weighted by atomic mass is 35.5. The highest BCUT2D eigenvalue weighted by Crippen LogP contribution is 2.20. The van der Waals surface area contributed by atoms with E-state index in [9.17, 15) is 4.79 Å². The molecule has 1 amide bonds. The summed E-state index contributed by atoms with van der Waals surface area (Å²) >= 11 is 5.90. The summed E-state index contributed by atoms with van der Waals surface area (Å²) in [6, 6.07) is 17.7. The Morgan fingerprint density at radius 1 is 1.17 bits per heavy atom. The smallest absolute Gasteiger partial charge is 0.240 e. The first-order valence-corrected chi connectivity index (χ1v) is 8.02. The number of carbonyl (C=O) groups excluding carboxylic acids is 1. The number of para-hydroxylation sites is 1. The summed E-state index contributed by atoms with van der Waals surface area (Å²) in [5.74, 6) is -0.00287. The van der Waals surface area contributed by atoms with Crippen molar-refractivity contribution in [1.29, 1.82) is 0 Å². The van der Waals surface area contributed by atoms with Gasteiger partial charge in [0.1, 0.15) is 6.54 Å². The van der Waals surface area contributed by atoms with Crippen LogP contribution in [0, 0.1) is 6.92 Å². The van der Waals surface area contributed by atoms with Gasteiger partial charge in [0.2, 0.25) is 5.91 Å². The van der Waals surface area contributed by atoms with E-state index in [-0.39, 0.29) is 11.9 Å². The summed E-state index contributed by atoms with van der Waals surface area (Å²) in [5, 5.41) is 4.90. The van der Waals surface area contributed by atoms with Gasteiger partial charge in [0, 0.05) is 16.2 Å². The van der Waals surface area contributed by atoms with Crippen LogP contribution >= 0.6 is 11.6 Å². The van der Waals surface area contributed by atoms with Gasteiger partial charge in [-0.05, 0) is 49.1 Å². The van der Waals surface area contributed by atoms with E-state index in [0.717, 1.165) is 22.2 Å². The molecule has 0 aliphatic rings. The number of fused-ring (bicyclic) bond motifs is 1. The maximum Gasteiger partial charge on any atom is 0.240 e. The Balaban J connectivity index is 1.73. The van der Waals surface area contributed by atoms with Gasteiger partial charge in [-0.15, -0.1) is 0 Å². The Labute approximate surface area is 140 Å². The molecular weight excluding hydrogens is 308 g/mol. The Bertz CT molecular complexity index is 836. The maximum atomic E-state index is 12.4. The fraction of sp³-hybridized carbons (Fsp3) is 0.211. The number of aromatic nitrogens is 1. The molecule has 0 radical (unpaired) electrons. The third-order valence-electron chi connectivity index (χ3n) is 4.07. The summed E-state index contributed by atoms with van der Waals surface area (Å²) in [7, 11) is 0. The molecule has 0 saturated carbocycles. The number of benzene rings is 2. The van der Waals surface area contributed by atoms with E-state index in [2.05, 4.69) is 17.4 Å². The van der Waals surface area contributed by atoms with Crippen molar-refractivity contribution in [3.8, 4) is 0 Å². The summed E-state index contributed by atoms with van der Waals surface area (Å²) in [5.41, 5.74) is 3.21. The van der Waals surface area contributed by atoms with E-state index < -0.39 is 0 Å². The van der Waals surface area contributed by atoms with Crippen LogP contribution in [0.5, 0.6) is 0 Å². The SMILES string of the molecule is Cc1cc2ccccc2n1CC(=O)N[C@@H](C)c1ccc(Cl)cc1. The molecule has 3 aromatic rings. The molecule has 1 atom stereocenters. The minimum atomic E-state index is -0.0538. The molecule has 2 aromatic carbocycles. The quantitative estimate of drug-likeness (QED) is 0.753. The van der Waals surface area contributed by atoms with Crippen LogP contribution in [0.1, 0.15) is 24.2 Å². The van der Waals surface area contributed by atoms with Gasteiger partial charge in [-0.25, -0.2) is 0 Å². The second-order valence-corrected chi connectivity index (χ2v) is 6.21. The van der Waals surface area contributed by atoms with Crippen LogP contribution in [-0.2, 0) is 11.3 Å². The first kappa shape index (κ1) is 15.6. The second kappa shape index (κ2) is 6.47.